The molecular weight excluding hydrogens is 222 g/mol. The molecule has 16 heavy (non-hydrogen) atoms. The standard InChI is InChI=1S/C13H20ClNO/c1-10(2)7-11(8-15)9-16-13-5-3-12(14)4-6-13/h3-6,10-11H,7-9,15H2,1-2H3. The van der Waals surface area contributed by atoms with E-state index >= 15 is 0 Å². The van der Waals surface area contributed by atoms with Crippen LogP contribution in [-0.2, 0) is 0 Å². The summed E-state index contributed by atoms with van der Waals surface area (Å²) < 4.78 is 5.68. The third kappa shape index (κ3) is 4.86. The summed E-state index contributed by atoms with van der Waals surface area (Å²) in [5, 5.41) is 0.727. The highest BCUT2D eigenvalue weighted by molar-refractivity contribution is 6.30. The first-order valence-electron chi connectivity index (χ1n) is 5.70. The van der Waals surface area contributed by atoms with Crippen molar-refractivity contribution >= 4 is 11.6 Å². The van der Waals surface area contributed by atoms with Crippen LogP contribution in [-0.4, -0.2) is 13.2 Å². The third-order valence-electron chi connectivity index (χ3n) is 2.44. The van der Waals surface area contributed by atoms with Crippen LogP contribution in [0.1, 0.15) is 20.3 Å². The molecule has 0 fully saturated rings. The zero-order valence-electron chi connectivity index (χ0n) is 9.95. The van der Waals surface area contributed by atoms with Gasteiger partial charge in [-0.1, -0.05) is 25.4 Å². The van der Waals surface area contributed by atoms with Gasteiger partial charge in [0.25, 0.3) is 0 Å². The molecule has 2 N–H and O–H groups in total. The second-order valence-electron chi connectivity index (χ2n) is 4.50. The van der Waals surface area contributed by atoms with Crippen LogP contribution in [0.15, 0.2) is 24.3 Å². The molecule has 1 aromatic carbocycles. The summed E-state index contributed by atoms with van der Waals surface area (Å²) in [6.45, 7) is 5.75. The van der Waals surface area contributed by atoms with E-state index in [1.165, 1.54) is 0 Å². The molecule has 0 bridgehead atoms. The van der Waals surface area contributed by atoms with Crippen molar-refractivity contribution in [2.75, 3.05) is 13.2 Å². The van der Waals surface area contributed by atoms with E-state index in [4.69, 9.17) is 22.1 Å². The zero-order valence-corrected chi connectivity index (χ0v) is 10.7. The van der Waals surface area contributed by atoms with Crippen molar-refractivity contribution in [3.05, 3.63) is 29.3 Å². The van der Waals surface area contributed by atoms with Gasteiger partial charge in [0, 0.05) is 10.9 Å². The number of halogens is 1. The highest BCUT2D eigenvalue weighted by Crippen LogP contribution is 2.17. The lowest BCUT2D eigenvalue weighted by atomic mass is 9.98. The van der Waals surface area contributed by atoms with Gasteiger partial charge in [-0.3, -0.25) is 0 Å². The van der Waals surface area contributed by atoms with Crippen LogP contribution >= 0.6 is 11.6 Å². The molecule has 0 radical (unpaired) electrons. The first-order valence-corrected chi connectivity index (χ1v) is 6.08. The molecule has 0 spiro atoms. The molecule has 0 aromatic heterocycles. The quantitative estimate of drug-likeness (QED) is 0.829. The van der Waals surface area contributed by atoms with Crippen molar-refractivity contribution in [2.24, 2.45) is 17.6 Å². The van der Waals surface area contributed by atoms with Crippen LogP contribution in [0.25, 0.3) is 0 Å². The highest BCUT2D eigenvalue weighted by Gasteiger charge is 2.09. The van der Waals surface area contributed by atoms with Crippen LogP contribution in [0, 0.1) is 11.8 Å². The Bertz CT molecular complexity index is 297. The molecule has 0 aliphatic heterocycles. The van der Waals surface area contributed by atoms with E-state index < -0.39 is 0 Å². The summed E-state index contributed by atoms with van der Waals surface area (Å²) in [6.07, 6.45) is 1.10. The molecule has 0 saturated carbocycles. The van der Waals surface area contributed by atoms with Crippen LogP contribution in [0.3, 0.4) is 0 Å². The Kier molecular flexibility index (Phi) is 5.64. The van der Waals surface area contributed by atoms with Crippen molar-refractivity contribution in [2.45, 2.75) is 20.3 Å². The highest BCUT2D eigenvalue weighted by atomic mass is 35.5. The summed E-state index contributed by atoms with van der Waals surface area (Å²) in [4.78, 5) is 0. The van der Waals surface area contributed by atoms with Gasteiger partial charge in [0.15, 0.2) is 0 Å². The maximum absolute atomic E-state index is 5.79. The SMILES string of the molecule is CC(C)CC(CN)COc1ccc(Cl)cc1. The van der Waals surface area contributed by atoms with Crippen LogP contribution < -0.4 is 10.5 Å². The van der Waals surface area contributed by atoms with Gasteiger partial charge in [0.1, 0.15) is 5.75 Å². The van der Waals surface area contributed by atoms with E-state index in [1.807, 2.05) is 24.3 Å². The average molecular weight is 242 g/mol. The second-order valence-corrected chi connectivity index (χ2v) is 4.93. The maximum Gasteiger partial charge on any atom is 0.119 e. The summed E-state index contributed by atoms with van der Waals surface area (Å²) in [5.74, 6) is 1.93. The fourth-order valence-electron chi connectivity index (χ4n) is 1.64. The Morgan fingerprint density at radius 3 is 2.38 bits per heavy atom. The smallest absolute Gasteiger partial charge is 0.119 e. The minimum absolute atomic E-state index is 0.427. The largest absolute Gasteiger partial charge is 0.493 e. The van der Waals surface area contributed by atoms with Crippen molar-refractivity contribution in [3.8, 4) is 5.75 Å². The molecule has 0 amide bonds. The minimum Gasteiger partial charge on any atom is -0.493 e. The van der Waals surface area contributed by atoms with Gasteiger partial charge in [-0.05, 0) is 43.1 Å². The van der Waals surface area contributed by atoms with E-state index in [1.54, 1.807) is 0 Å². The van der Waals surface area contributed by atoms with Crippen molar-refractivity contribution in [3.63, 3.8) is 0 Å². The van der Waals surface area contributed by atoms with Gasteiger partial charge in [0.2, 0.25) is 0 Å². The molecular formula is C13H20ClNO. The first kappa shape index (κ1) is 13.3. The fraction of sp³-hybridized carbons (Fsp3) is 0.538. The molecule has 1 aromatic rings. The topological polar surface area (TPSA) is 35.2 Å². The lowest BCUT2D eigenvalue weighted by Crippen LogP contribution is -2.23. The van der Waals surface area contributed by atoms with E-state index in [2.05, 4.69) is 13.8 Å². The minimum atomic E-state index is 0.427. The monoisotopic (exact) mass is 241 g/mol. The fourth-order valence-corrected chi connectivity index (χ4v) is 1.77. The Morgan fingerprint density at radius 2 is 1.88 bits per heavy atom. The summed E-state index contributed by atoms with van der Waals surface area (Å²) >= 11 is 5.79. The normalized spacial score (nSPS) is 12.8. The molecule has 1 rings (SSSR count). The molecule has 1 unspecified atom stereocenters. The van der Waals surface area contributed by atoms with Crippen molar-refractivity contribution < 1.29 is 4.74 Å². The summed E-state index contributed by atoms with van der Waals surface area (Å²) in [7, 11) is 0. The molecule has 1 atom stereocenters. The predicted octanol–water partition coefficient (Wildman–Crippen LogP) is 3.34. The number of hydrogen-bond acceptors (Lipinski definition) is 2. The molecule has 0 aliphatic rings. The summed E-state index contributed by atoms with van der Waals surface area (Å²) in [5.41, 5.74) is 5.71. The van der Waals surface area contributed by atoms with Gasteiger partial charge in [-0.15, -0.1) is 0 Å². The average Bonchev–Trinajstić information content (AvgIpc) is 2.26. The second kappa shape index (κ2) is 6.77. The van der Waals surface area contributed by atoms with Crippen LogP contribution in [0.4, 0.5) is 0 Å². The lowest BCUT2D eigenvalue weighted by molar-refractivity contribution is 0.231. The number of ether oxygens (including phenoxy) is 1. The number of rotatable bonds is 6. The van der Waals surface area contributed by atoms with Crippen LogP contribution in [0.5, 0.6) is 5.75 Å². The first-order chi connectivity index (χ1) is 7.61. The van der Waals surface area contributed by atoms with Gasteiger partial charge >= 0.3 is 0 Å². The molecule has 3 heteroatoms. The Balaban J connectivity index is 2.40. The number of benzene rings is 1. The lowest BCUT2D eigenvalue weighted by Gasteiger charge is -2.17. The Hall–Kier alpha value is -0.730. The molecule has 0 aliphatic carbocycles. The third-order valence-corrected chi connectivity index (χ3v) is 2.69. The van der Waals surface area contributed by atoms with Gasteiger partial charge in [-0.2, -0.15) is 0 Å². The van der Waals surface area contributed by atoms with E-state index in [0.717, 1.165) is 17.2 Å². The molecule has 0 heterocycles. The number of hydrogen-bond donors (Lipinski definition) is 1. The Labute approximate surface area is 103 Å². The van der Waals surface area contributed by atoms with Crippen molar-refractivity contribution in [1.82, 2.24) is 0 Å². The molecule has 0 saturated heterocycles. The summed E-state index contributed by atoms with van der Waals surface area (Å²) in [6, 6.07) is 7.42. The van der Waals surface area contributed by atoms with Crippen LogP contribution in [0.2, 0.25) is 5.02 Å². The molecule has 90 valence electrons. The molecule has 2 nitrogen and oxygen atoms in total. The van der Waals surface area contributed by atoms with E-state index in [9.17, 15) is 0 Å². The van der Waals surface area contributed by atoms with Crippen molar-refractivity contribution in [1.29, 1.82) is 0 Å². The van der Waals surface area contributed by atoms with Gasteiger partial charge in [-0.25, -0.2) is 0 Å². The van der Waals surface area contributed by atoms with E-state index in [0.29, 0.717) is 25.0 Å². The number of nitrogens with two attached hydrogens (primary N) is 1. The van der Waals surface area contributed by atoms with Gasteiger partial charge < -0.3 is 10.5 Å². The maximum atomic E-state index is 5.79. The van der Waals surface area contributed by atoms with E-state index in [-0.39, 0.29) is 0 Å². The van der Waals surface area contributed by atoms with Gasteiger partial charge in [0.05, 0.1) is 6.61 Å². The predicted molar refractivity (Wildman–Crippen MR) is 68.9 cm³/mol. The Morgan fingerprint density at radius 1 is 1.25 bits per heavy atom. The zero-order chi connectivity index (χ0) is 12.0.